The summed E-state index contributed by atoms with van der Waals surface area (Å²) in [5.41, 5.74) is 1.41. The number of aliphatic hydroxyl groups is 1. The van der Waals surface area contributed by atoms with Gasteiger partial charge in [0.15, 0.2) is 6.10 Å². The van der Waals surface area contributed by atoms with E-state index in [1.54, 1.807) is 12.1 Å². The summed E-state index contributed by atoms with van der Waals surface area (Å²) in [5, 5.41) is 18.5. The van der Waals surface area contributed by atoms with Gasteiger partial charge in [0.25, 0.3) is 0 Å². The van der Waals surface area contributed by atoms with Crippen molar-refractivity contribution in [3.63, 3.8) is 0 Å². The minimum atomic E-state index is -1.42. The van der Waals surface area contributed by atoms with Crippen LogP contribution in [-0.2, 0) is 11.3 Å². The average molecular weight is 235 g/mol. The van der Waals surface area contributed by atoms with E-state index < -0.39 is 12.1 Å². The predicted molar refractivity (Wildman–Crippen MR) is 63.5 cm³/mol. The number of aliphatic carboxylic acids is 1. The van der Waals surface area contributed by atoms with Crippen molar-refractivity contribution < 1.29 is 15.0 Å². The maximum Gasteiger partial charge on any atom is 0.337 e. The molecule has 1 heterocycles. The van der Waals surface area contributed by atoms with Gasteiger partial charge in [-0.15, -0.1) is 0 Å². The molecule has 0 saturated carbocycles. The standard InChI is InChI=1S/C13H17NO3/c15-12(13(16)17)11-6-2-1-5-10(11)9-14-7-3-4-8-14/h1-2,5-6,12,15H,3-4,7-9H2,(H,16,17). The summed E-state index contributed by atoms with van der Waals surface area (Å²) in [4.78, 5) is 13.1. The van der Waals surface area contributed by atoms with Gasteiger partial charge in [-0.25, -0.2) is 4.79 Å². The lowest BCUT2D eigenvalue weighted by atomic mass is 10.0. The van der Waals surface area contributed by atoms with Crippen LogP contribution in [0.25, 0.3) is 0 Å². The molecule has 1 atom stereocenters. The number of likely N-dealkylation sites (tertiary alicyclic amines) is 1. The smallest absolute Gasteiger partial charge is 0.337 e. The van der Waals surface area contributed by atoms with E-state index in [4.69, 9.17) is 5.11 Å². The zero-order valence-corrected chi connectivity index (χ0v) is 9.67. The second kappa shape index (κ2) is 5.29. The summed E-state index contributed by atoms with van der Waals surface area (Å²) >= 11 is 0. The molecule has 1 aromatic rings. The average Bonchev–Trinajstić information content (AvgIpc) is 2.81. The third kappa shape index (κ3) is 2.84. The van der Waals surface area contributed by atoms with Crippen LogP contribution in [0.15, 0.2) is 24.3 Å². The quantitative estimate of drug-likeness (QED) is 0.828. The van der Waals surface area contributed by atoms with Gasteiger partial charge in [-0.2, -0.15) is 0 Å². The number of carboxylic acids is 1. The van der Waals surface area contributed by atoms with Crippen LogP contribution < -0.4 is 0 Å². The zero-order chi connectivity index (χ0) is 12.3. The number of carbonyl (C=O) groups is 1. The normalized spacial score (nSPS) is 18.2. The van der Waals surface area contributed by atoms with E-state index in [9.17, 15) is 9.90 Å². The van der Waals surface area contributed by atoms with Gasteiger partial charge in [0.05, 0.1) is 0 Å². The highest BCUT2D eigenvalue weighted by Crippen LogP contribution is 2.21. The molecule has 1 aliphatic rings. The zero-order valence-electron chi connectivity index (χ0n) is 9.67. The molecule has 0 aliphatic carbocycles. The van der Waals surface area contributed by atoms with Gasteiger partial charge >= 0.3 is 5.97 Å². The van der Waals surface area contributed by atoms with Crippen molar-refractivity contribution in [2.45, 2.75) is 25.5 Å². The summed E-state index contributed by atoms with van der Waals surface area (Å²) in [6.07, 6.45) is 0.974. The van der Waals surface area contributed by atoms with Gasteiger partial charge in [0.2, 0.25) is 0 Å². The first-order valence-corrected chi connectivity index (χ1v) is 5.89. The minimum absolute atomic E-state index is 0.506. The summed E-state index contributed by atoms with van der Waals surface area (Å²) in [6.45, 7) is 2.83. The minimum Gasteiger partial charge on any atom is -0.479 e. The molecule has 4 nitrogen and oxygen atoms in total. The van der Waals surface area contributed by atoms with Crippen LogP contribution in [0.3, 0.4) is 0 Å². The van der Waals surface area contributed by atoms with E-state index in [1.165, 1.54) is 12.8 Å². The largest absolute Gasteiger partial charge is 0.479 e. The molecule has 17 heavy (non-hydrogen) atoms. The van der Waals surface area contributed by atoms with E-state index >= 15 is 0 Å². The molecular formula is C13H17NO3. The molecule has 0 amide bonds. The van der Waals surface area contributed by atoms with E-state index in [1.807, 2.05) is 12.1 Å². The maximum atomic E-state index is 10.8. The molecule has 0 radical (unpaired) electrons. The van der Waals surface area contributed by atoms with Gasteiger partial charge in [-0.1, -0.05) is 24.3 Å². The Bertz CT molecular complexity index is 399. The van der Waals surface area contributed by atoms with Gasteiger partial charge in [-0.05, 0) is 37.1 Å². The Balaban J connectivity index is 2.17. The van der Waals surface area contributed by atoms with Gasteiger partial charge in [-0.3, -0.25) is 4.90 Å². The van der Waals surface area contributed by atoms with Gasteiger partial charge in [0.1, 0.15) is 0 Å². The van der Waals surface area contributed by atoms with Crippen molar-refractivity contribution >= 4 is 5.97 Å². The fraction of sp³-hybridized carbons (Fsp3) is 0.462. The van der Waals surface area contributed by atoms with Crippen molar-refractivity contribution in [2.24, 2.45) is 0 Å². The Morgan fingerprint density at radius 3 is 2.59 bits per heavy atom. The fourth-order valence-corrected chi connectivity index (χ4v) is 2.26. The van der Waals surface area contributed by atoms with Crippen molar-refractivity contribution in [1.82, 2.24) is 4.90 Å². The maximum absolute atomic E-state index is 10.8. The fourth-order valence-electron chi connectivity index (χ4n) is 2.26. The first kappa shape index (κ1) is 12.1. The van der Waals surface area contributed by atoms with Crippen LogP contribution in [0.4, 0.5) is 0 Å². The lowest BCUT2D eigenvalue weighted by molar-refractivity contribution is -0.147. The summed E-state index contributed by atoms with van der Waals surface area (Å²) in [7, 11) is 0. The Morgan fingerprint density at radius 1 is 1.29 bits per heavy atom. The molecule has 0 bridgehead atoms. The molecule has 0 aromatic heterocycles. The van der Waals surface area contributed by atoms with Crippen molar-refractivity contribution in [2.75, 3.05) is 13.1 Å². The molecule has 1 aromatic carbocycles. The van der Waals surface area contributed by atoms with Crippen LogP contribution in [0, 0.1) is 0 Å². The Hall–Kier alpha value is -1.39. The van der Waals surface area contributed by atoms with Crippen LogP contribution in [0.5, 0.6) is 0 Å². The Morgan fingerprint density at radius 2 is 1.94 bits per heavy atom. The third-order valence-corrected chi connectivity index (χ3v) is 3.18. The number of aliphatic hydroxyl groups excluding tert-OH is 1. The number of carboxylic acid groups (broad SMARTS) is 1. The van der Waals surface area contributed by atoms with E-state index in [0.29, 0.717) is 5.56 Å². The molecular weight excluding hydrogens is 218 g/mol. The molecule has 92 valence electrons. The molecule has 4 heteroatoms. The number of nitrogens with zero attached hydrogens (tertiary/aromatic N) is 1. The Kier molecular flexibility index (Phi) is 3.76. The molecule has 2 N–H and O–H groups in total. The monoisotopic (exact) mass is 235 g/mol. The van der Waals surface area contributed by atoms with Crippen molar-refractivity contribution in [3.8, 4) is 0 Å². The van der Waals surface area contributed by atoms with Crippen LogP contribution >= 0.6 is 0 Å². The molecule has 2 rings (SSSR count). The first-order chi connectivity index (χ1) is 8.18. The van der Waals surface area contributed by atoms with E-state index in [-0.39, 0.29) is 0 Å². The van der Waals surface area contributed by atoms with E-state index in [2.05, 4.69) is 4.90 Å². The van der Waals surface area contributed by atoms with Crippen LogP contribution in [0.1, 0.15) is 30.1 Å². The first-order valence-electron chi connectivity index (χ1n) is 5.89. The molecule has 1 fully saturated rings. The number of hydrogen-bond donors (Lipinski definition) is 2. The molecule has 1 saturated heterocycles. The van der Waals surface area contributed by atoms with Crippen molar-refractivity contribution in [3.05, 3.63) is 35.4 Å². The topological polar surface area (TPSA) is 60.8 Å². The Labute approximate surface area is 100 Å². The highest BCUT2D eigenvalue weighted by Gasteiger charge is 2.21. The van der Waals surface area contributed by atoms with Gasteiger partial charge in [0, 0.05) is 6.54 Å². The molecule has 1 unspecified atom stereocenters. The second-order valence-electron chi connectivity index (χ2n) is 4.42. The lowest BCUT2D eigenvalue weighted by Gasteiger charge is -2.18. The van der Waals surface area contributed by atoms with Crippen LogP contribution in [-0.4, -0.2) is 34.2 Å². The SMILES string of the molecule is O=C(O)C(O)c1ccccc1CN1CCCC1. The molecule has 1 aliphatic heterocycles. The highest BCUT2D eigenvalue weighted by molar-refractivity contribution is 5.74. The summed E-state index contributed by atoms with van der Waals surface area (Å²) in [6, 6.07) is 7.21. The third-order valence-electron chi connectivity index (χ3n) is 3.18. The van der Waals surface area contributed by atoms with Crippen molar-refractivity contribution in [1.29, 1.82) is 0 Å². The summed E-state index contributed by atoms with van der Waals surface area (Å²) < 4.78 is 0. The molecule has 0 spiro atoms. The lowest BCUT2D eigenvalue weighted by Crippen LogP contribution is -2.21. The second-order valence-corrected chi connectivity index (χ2v) is 4.42. The predicted octanol–water partition coefficient (Wildman–Crippen LogP) is 1.40. The van der Waals surface area contributed by atoms with Crippen LogP contribution in [0.2, 0.25) is 0 Å². The van der Waals surface area contributed by atoms with E-state index in [0.717, 1.165) is 25.2 Å². The number of rotatable bonds is 4. The van der Waals surface area contributed by atoms with Gasteiger partial charge < -0.3 is 10.2 Å². The number of hydrogen-bond acceptors (Lipinski definition) is 3. The number of benzene rings is 1. The summed E-state index contributed by atoms with van der Waals surface area (Å²) in [5.74, 6) is -1.20. The highest BCUT2D eigenvalue weighted by atomic mass is 16.4.